The van der Waals surface area contributed by atoms with Gasteiger partial charge in [0.25, 0.3) is 5.91 Å². The zero-order chi connectivity index (χ0) is 39.6. The number of nitrogens with one attached hydrogen (secondary N) is 3. The molecule has 0 bridgehead atoms. The van der Waals surface area contributed by atoms with E-state index in [9.17, 15) is 18.9 Å². The van der Waals surface area contributed by atoms with Gasteiger partial charge in [0.1, 0.15) is 22.7 Å². The smallest absolute Gasteiger partial charge is 0.251 e. The first kappa shape index (κ1) is 40.6. The topological polar surface area (TPSA) is 140 Å². The lowest BCUT2D eigenvalue weighted by Gasteiger charge is -2.30. The molecule has 290 valence electrons. The van der Waals surface area contributed by atoms with Crippen LogP contribution in [0.4, 0.5) is 0 Å². The number of aromatic nitrogens is 3. The molecule has 0 aliphatic heterocycles. The first-order valence-corrected chi connectivity index (χ1v) is 21.4. The summed E-state index contributed by atoms with van der Waals surface area (Å²) in [7, 11) is -1.55. The van der Waals surface area contributed by atoms with Crippen LogP contribution < -0.4 is 10.6 Å². The first-order valence-electron chi connectivity index (χ1n) is 18.6. The number of pyridine rings is 1. The lowest BCUT2D eigenvalue weighted by molar-refractivity contribution is -0.123. The average Bonchev–Trinajstić information content (AvgIpc) is 4.01. The van der Waals surface area contributed by atoms with Gasteiger partial charge in [0.2, 0.25) is 5.91 Å². The van der Waals surface area contributed by atoms with Crippen molar-refractivity contribution in [2.45, 2.75) is 57.1 Å². The molecule has 10 nitrogen and oxygen atoms in total. The van der Waals surface area contributed by atoms with Gasteiger partial charge < -0.3 is 20.7 Å². The standard InChI is InChI=1S/C41H40N6O4S3.C2H6/c1-26(2)23-47(54(51)30-16-17-33-36(20-30)52-25-45-33)34(24-48)35-18-15-29(53-35)21-44-41(50)38(46-40(49)28-12-7-4-8-13-28)37(27-10-5-3-6-11-27)32-22-43-39-31(32)14-9-19-42-39;1-2/h3-20,22,25-26,34,37-38,48H,21,23-24H2,1-2H3,(H,42,43)(H,44,50)(H,46,49);1-2H3. The first-order chi connectivity index (χ1) is 27.3. The van der Waals surface area contributed by atoms with Crippen molar-refractivity contribution in [3.05, 3.63) is 147 Å². The van der Waals surface area contributed by atoms with E-state index in [2.05, 4.69) is 39.4 Å². The number of carbonyl (C=O) groups excluding carboxylic acids is 2. The third-order valence-electron chi connectivity index (χ3n) is 9.15. The number of aliphatic hydroxyl groups is 1. The fourth-order valence-electron chi connectivity index (χ4n) is 6.59. The van der Waals surface area contributed by atoms with Crippen LogP contribution in [0.3, 0.4) is 0 Å². The van der Waals surface area contributed by atoms with Crippen molar-refractivity contribution in [2.75, 3.05) is 13.2 Å². The normalized spacial score (nSPS) is 13.6. The Labute approximate surface area is 337 Å². The second-order valence-corrected chi connectivity index (χ2v) is 16.8. The Bertz CT molecular complexity index is 2380. The van der Waals surface area contributed by atoms with Crippen molar-refractivity contribution in [1.29, 1.82) is 0 Å². The fourth-order valence-corrected chi connectivity index (χ4v) is 10.0. The second kappa shape index (κ2) is 19.2. The highest BCUT2D eigenvalue weighted by Gasteiger charge is 2.35. The highest BCUT2D eigenvalue weighted by atomic mass is 32.2. The molecule has 4 unspecified atom stereocenters. The van der Waals surface area contributed by atoms with E-state index in [4.69, 9.17) is 0 Å². The van der Waals surface area contributed by atoms with Crippen LogP contribution in [-0.2, 0) is 22.3 Å². The Morgan fingerprint density at radius 3 is 2.41 bits per heavy atom. The van der Waals surface area contributed by atoms with Gasteiger partial charge in [0.15, 0.2) is 0 Å². The number of benzene rings is 3. The lowest BCUT2D eigenvalue weighted by atomic mass is 9.84. The van der Waals surface area contributed by atoms with Gasteiger partial charge in [-0.2, -0.15) is 0 Å². The van der Waals surface area contributed by atoms with Gasteiger partial charge in [-0.15, -0.1) is 22.7 Å². The average molecular weight is 807 g/mol. The maximum atomic E-state index is 14.4. The van der Waals surface area contributed by atoms with E-state index in [1.165, 1.54) is 22.7 Å². The Morgan fingerprint density at radius 2 is 1.68 bits per heavy atom. The minimum Gasteiger partial charge on any atom is -0.394 e. The predicted molar refractivity (Wildman–Crippen MR) is 227 cm³/mol. The number of amides is 2. The molecule has 0 aliphatic carbocycles. The number of fused-ring (bicyclic) bond motifs is 2. The van der Waals surface area contributed by atoms with Gasteiger partial charge >= 0.3 is 0 Å². The summed E-state index contributed by atoms with van der Waals surface area (Å²) < 4.78 is 16.9. The van der Waals surface area contributed by atoms with Crippen LogP contribution in [-0.4, -0.2) is 59.6 Å². The summed E-state index contributed by atoms with van der Waals surface area (Å²) in [6, 6.07) is 30.2. The van der Waals surface area contributed by atoms with Gasteiger partial charge in [-0.1, -0.05) is 76.2 Å². The molecule has 2 amide bonds. The van der Waals surface area contributed by atoms with Crippen LogP contribution >= 0.6 is 22.7 Å². The Hall–Kier alpha value is -5.05. The highest BCUT2D eigenvalue weighted by molar-refractivity contribution is 7.82. The van der Waals surface area contributed by atoms with Crippen LogP contribution in [0.25, 0.3) is 21.3 Å². The molecule has 13 heteroatoms. The number of nitrogens with zero attached hydrogens (tertiary/aromatic N) is 3. The number of aromatic amines is 1. The quantitative estimate of drug-likeness (QED) is 0.0824. The van der Waals surface area contributed by atoms with Gasteiger partial charge in [0.05, 0.1) is 39.8 Å². The van der Waals surface area contributed by atoms with Gasteiger partial charge in [-0.05, 0) is 71.6 Å². The van der Waals surface area contributed by atoms with E-state index in [1.807, 2.05) is 103 Å². The van der Waals surface area contributed by atoms with Crippen LogP contribution in [0.2, 0.25) is 0 Å². The Morgan fingerprint density at radius 1 is 0.929 bits per heavy atom. The fraction of sp³-hybridized carbons (Fsp3) is 0.256. The summed E-state index contributed by atoms with van der Waals surface area (Å²) in [6.45, 7) is 8.56. The molecule has 0 saturated heterocycles. The SMILES string of the molecule is CC.CC(C)CN(C(CO)c1ccc(CNC(=O)C(NC(=O)c2ccccc2)C(c2ccccc2)c2c[nH]c3ncccc23)s1)S(=O)c1ccc2ncsc2c1. The molecule has 4 atom stereocenters. The van der Waals surface area contributed by atoms with Crippen LogP contribution in [0.5, 0.6) is 0 Å². The molecule has 4 aromatic heterocycles. The second-order valence-electron chi connectivity index (χ2n) is 13.3. The highest BCUT2D eigenvalue weighted by Crippen LogP contribution is 2.35. The third kappa shape index (κ3) is 9.31. The molecule has 3 aromatic carbocycles. The predicted octanol–water partition coefficient (Wildman–Crippen LogP) is 8.22. The molecule has 4 N–H and O–H groups in total. The minimum atomic E-state index is -1.55. The van der Waals surface area contributed by atoms with E-state index < -0.39 is 29.0 Å². The number of thiophene rings is 1. The number of H-pyrrole nitrogens is 1. The lowest BCUT2D eigenvalue weighted by Crippen LogP contribution is -2.50. The van der Waals surface area contributed by atoms with Crippen molar-refractivity contribution in [3.63, 3.8) is 0 Å². The Kier molecular flexibility index (Phi) is 13.9. The summed E-state index contributed by atoms with van der Waals surface area (Å²) >= 11 is 2.94. The minimum absolute atomic E-state index is 0.183. The maximum absolute atomic E-state index is 14.4. The summed E-state index contributed by atoms with van der Waals surface area (Å²) in [4.78, 5) is 42.5. The van der Waals surface area contributed by atoms with Crippen molar-refractivity contribution in [2.24, 2.45) is 5.92 Å². The number of thiazole rings is 1. The van der Waals surface area contributed by atoms with Crippen molar-refractivity contribution in [1.82, 2.24) is 29.9 Å². The van der Waals surface area contributed by atoms with Crippen LogP contribution in [0.1, 0.15) is 70.9 Å². The number of aliphatic hydroxyl groups excluding tert-OH is 1. The molecule has 0 saturated carbocycles. The van der Waals surface area contributed by atoms with Crippen molar-refractivity contribution < 1.29 is 18.9 Å². The molecular weight excluding hydrogens is 761 g/mol. The summed E-state index contributed by atoms with van der Waals surface area (Å²) in [5, 5.41) is 17.7. The van der Waals surface area contributed by atoms with Crippen molar-refractivity contribution >= 4 is 66.7 Å². The number of hydrogen-bond acceptors (Lipinski definition) is 8. The Balaban J connectivity index is 0.00000262. The summed E-state index contributed by atoms with van der Waals surface area (Å²) in [6.07, 6.45) is 3.56. The third-order valence-corrected chi connectivity index (χ3v) is 12.6. The van der Waals surface area contributed by atoms with Crippen LogP contribution in [0.15, 0.2) is 126 Å². The molecule has 0 radical (unpaired) electrons. The molecule has 0 spiro atoms. The summed E-state index contributed by atoms with van der Waals surface area (Å²) in [5.41, 5.74) is 5.43. The summed E-state index contributed by atoms with van der Waals surface area (Å²) in [5.74, 6) is -1.10. The number of hydrogen-bond donors (Lipinski definition) is 4. The van der Waals surface area contributed by atoms with E-state index >= 15 is 0 Å². The molecule has 56 heavy (non-hydrogen) atoms. The van der Waals surface area contributed by atoms with Crippen molar-refractivity contribution in [3.8, 4) is 0 Å². The van der Waals surface area contributed by atoms with E-state index in [-0.39, 0.29) is 30.9 Å². The molecular formula is C43H46N6O4S3. The van der Waals surface area contributed by atoms with Gasteiger partial charge in [-0.3, -0.25) is 9.59 Å². The largest absolute Gasteiger partial charge is 0.394 e. The van der Waals surface area contributed by atoms with Gasteiger partial charge in [-0.25, -0.2) is 18.5 Å². The van der Waals surface area contributed by atoms with E-state index in [1.54, 1.807) is 36.0 Å². The molecule has 0 fully saturated rings. The number of carbonyl (C=O) groups is 2. The number of rotatable bonds is 15. The van der Waals surface area contributed by atoms with Crippen LogP contribution in [0, 0.1) is 5.92 Å². The molecule has 4 heterocycles. The zero-order valence-electron chi connectivity index (χ0n) is 31.7. The monoisotopic (exact) mass is 806 g/mol. The molecule has 7 aromatic rings. The maximum Gasteiger partial charge on any atom is 0.251 e. The van der Waals surface area contributed by atoms with E-state index in [0.29, 0.717) is 22.7 Å². The van der Waals surface area contributed by atoms with E-state index in [0.717, 1.165) is 36.5 Å². The molecule has 7 rings (SSSR count). The molecule has 0 aliphatic rings. The zero-order valence-corrected chi connectivity index (χ0v) is 34.2. The van der Waals surface area contributed by atoms with Gasteiger partial charge in [0, 0.05) is 45.6 Å².